The Hall–Kier alpha value is -3.07. The van der Waals surface area contributed by atoms with Gasteiger partial charge in [0.05, 0.1) is 4.90 Å². The number of anilines is 1. The van der Waals surface area contributed by atoms with Gasteiger partial charge in [0.1, 0.15) is 0 Å². The van der Waals surface area contributed by atoms with Crippen LogP contribution in [0.25, 0.3) is 0 Å². The van der Waals surface area contributed by atoms with Crippen LogP contribution in [-0.4, -0.2) is 32.6 Å². The Morgan fingerprint density at radius 2 is 1.48 bits per heavy atom. The molecule has 42 heavy (non-hydrogen) atoms. The van der Waals surface area contributed by atoms with Gasteiger partial charge in [-0.3, -0.25) is 0 Å². The van der Waals surface area contributed by atoms with Gasteiger partial charge in [0.2, 0.25) is 0 Å². The molecule has 226 valence electrons. The number of benzene rings is 2. The van der Waals surface area contributed by atoms with Crippen LogP contribution in [0.4, 0.5) is 15.3 Å². The molecule has 4 atom stereocenters. The van der Waals surface area contributed by atoms with Gasteiger partial charge in [0, 0.05) is 17.8 Å². The Kier molecular flexibility index (Phi) is 7.98. The van der Waals surface area contributed by atoms with Crippen LogP contribution in [0.1, 0.15) is 86.6 Å². The zero-order valence-corrected chi connectivity index (χ0v) is 25.7. The minimum atomic E-state index is -4.03. The van der Waals surface area contributed by atoms with Gasteiger partial charge in [-0.1, -0.05) is 32.0 Å². The highest BCUT2D eigenvalue weighted by Gasteiger charge is 2.45. The van der Waals surface area contributed by atoms with Gasteiger partial charge in [-0.2, -0.15) is 0 Å². The van der Waals surface area contributed by atoms with Crippen LogP contribution in [0, 0.1) is 17.8 Å². The summed E-state index contributed by atoms with van der Waals surface area (Å²) >= 11 is 0. The highest BCUT2D eigenvalue weighted by molar-refractivity contribution is 7.90. The SMILES string of the molecule is CC1CC2C[C@@H](C)CC(NC(=O)NCCc3ccc(S(=O)(=O)NC(=O)Nc4c5c(cc6c4CCC6)CCC5)cc3)(C1)C2. The Labute approximate surface area is 249 Å². The lowest BCUT2D eigenvalue weighted by atomic mass is 9.61. The van der Waals surface area contributed by atoms with E-state index in [2.05, 4.69) is 40.6 Å². The van der Waals surface area contributed by atoms with E-state index in [9.17, 15) is 18.0 Å². The second-order valence-electron chi connectivity index (χ2n) is 13.5. The van der Waals surface area contributed by atoms with Gasteiger partial charge < -0.3 is 16.0 Å². The molecule has 2 saturated carbocycles. The lowest BCUT2D eigenvalue weighted by molar-refractivity contribution is 0.0625. The molecular formula is C33H44N4O4S. The van der Waals surface area contributed by atoms with Crippen molar-refractivity contribution in [3.8, 4) is 0 Å². The summed E-state index contributed by atoms with van der Waals surface area (Å²) in [7, 11) is -4.03. The monoisotopic (exact) mass is 592 g/mol. The smallest absolute Gasteiger partial charge is 0.333 e. The Morgan fingerprint density at radius 1 is 0.857 bits per heavy atom. The molecule has 4 amide bonds. The van der Waals surface area contributed by atoms with Crippen molar-refractivity contribution in [1.82, 2.24) is 15.4 Å². The summed E-state index contributed by atoms with van der Waals surface area (Å²) in [5.41, 5.74) is 6.48. The van der Waals surface area contributed by atoms with Crippen LogP contribution in [0.3, 0.4) is 0 Å². The first-order valence-electron chi connectivity index (χ1n) is 15.7. The summed E-state index contributed by atoms with van der Waals surface area (Å²) in [6.07, 6.45) is 12.2. The van der Waals surface area contributed by atoms with Crippen LogP contribution >= 0.6 is 0 Å². The normalized spacial score (nSPS) is 26.2. The maximum absolute atomic E-state index is 13.0. The molecule has 9 heteroatoms. The number of amides is 4. The Balaban J connectivity index is 1.01. The fraction of sp³-hybridized carbons (Fsp3) is 0.576. The molecule has 8 nitrogen and oxygen atoms in total. The van der Waals surface area contributed by atoms with Crippen molar-refractivity contribution in [2.45, 2.75) is 101 Å². The molecule has 2 aromatic carbocycles. The van der Waals surface area contributed by atoms with Gasteiger partial charge in [-0.05, 0) is 135 Å². The first-order chi connectivity index (χ1) is 20.1. The average molecular weight is 593 g/mol. The van der Waals surface area contributed by atoms with Crippen molar-refractivity contribution in [2.24, 2.45) is 17.8 Å². The minimum absolute atomic E-state index is 0.0297. The lowest BCUT2D eigenvalue weighted by Crippen LogP contribution is -2.58. The quantitative estimate of drug-likeness (QED) is 0.334. The Morgan fingerprint density at radius 3 is 2.10 bits per heavy atom. The third-order valence-electron chi connectivity index (χ3n) is 9.88. The van der Waals surface area contributed by atoms with Crippen molar-refractivity contribution in [3.05, 3.63) is 58.1 Å². The molecule has 4 aliphatic rings. The largest absolute Gasteiger partial charge is 0.338 e. The van der Waals surface area contributed by atoms with Gasteiger partial charge in [-0.25, -0.2) is 22.7 Å². The molecule has 2 aromatic rings. The second-order valence-corrected chi connectivity index (χ2v) is 15.2. The second kappa shape index (κ2) is 11.5. The van der Waals surface area contributed by atoms with Crippen molar-refractivity contribution in [3.63, 3.8) is 0 Å². The van der Waals surface area contributed by atoms with Gasteiger partial charge in [0.15, 0.2) is 0 Å². The van der Waals surface area contributed by atoms with E-state index in [1.165, 1.54) is 36.1 Å². The minimum Gasteiger partial charge on any atom is -0.338 e. The maximum atomic E-state index is 13.0. The summed E-state index contributed by atoms with van der Waals surface area (Å²) in [5, 5.41) is 9.22. The number of fused-ring (bicyclic) bond motifs is 4. The number of carbonyl (C=O) groups is 2. The van der Waals surface area contributed by atoms with E-state index in [0.717, 1.165) is 80.2 Å². The molecular weight excluding hydrogens is 548 g/mol. The molecule has 0 spiro atoms. The molecule has 0 aromatic heterocycles. The number of nitrogens with one attached hydrogen (secondary N) is 4. The van der Waals surface area contributed by atoms with Crippen LogP contribution in [0.5, 0.6) is 0 Å². The molecule has 6 rings (SSSR count). The van der Waals surface area contributed by atoms with E-state index in [1.807, 2.05) is 0 Å². The van der Waals surface area contributed by atoms with E-state index in [4.69, 9.17) is 0 Å². The summed E-state index contributed by atoms with van der Waals surface area (Å²) < 4.78 is 28.2. The van der Waals surface area contributed by atoms with Gasteiger partial charge >= 0.3 is 12.1 Å². The predicted octanol–water partition coefficient (Wildman–Crippen LogP) is 5.62. The van der Waals surface area contributed by atoms with Gasteiger partial charge in [0.25, 0.3) is 10.0 Å². The van der Waals surface area contributed by atoms with Crippen LogP contribution in [0.15, 0.2) is 35.2 Å². The average Bonchev–Trinajstić information content (AvgIpc) is 3.57. The molecule has 4 N–H and O–H groups in total. The predicted molar refractivity (Wildman–Crippen MR) is 164 cm³/mol. The van der Waals surface area contributed by atoms with Crippen LogP contribution in [-0.2, 0) is 42.1 Å². The van der Waals surface area contributed by atoms with E-state index in [0.29, 0.717) is 30.7 Å². The van der Waals surface area contributed by atoms with E-state index >= 15 is 0 Å². The Bertz CT molecular complexity index is 1420. The lowest BCUT2D eigenvalue weighted by Gasteiger charge is -2.50. The molecule has 2 fully saturated rings. The topological polar surface area (TPSA) is 116 Å². The first kappa shape index (κ1) is 29.0. The van der Waals surface area contributed by atoms with Gasteiger partial charge in [-0.15, -0.1) is 0 Å². The number of carbonyl (C=O) groups excluding carboxylic acids is 2. The van der Waals surface area contributed by atoms with Crippen LogP contribution < -0.4 is 20.7 Å². The molecule has 0 radical (unpaired) electrons. The van der Waals surface area contributed by atoms with Crippen molar-refractivity contribution >= 4 is 27.8 Å². The highest BCUT2D eigenvalue weighted by Crippen LogP contribution is 2.47. The fourth-order valence-electron chi connectivity index (χ4n) is 8.59. The zero-order valence-electron chi connectivity index (χ0n) is 24.9. The number of hydrogen-bond donors (Lipinski definition) is 4. The number of sulfonamides is 1. The fourth-order valence-corrected chi connectivity index (χ4v) is 9.49. The number of rotatable bonds is 7. The maximum Gasteiger partial charge on any atom is 0.333 e. The third-order valence-corrected chi connectivity index (χ3v) is 11.2. The summed E-state index contributed by atoms with van der Waals surface area (Å²) in [6.45, 7) is 5.04. The molecule has 3 unspecified atom stereocenters. The first-order valence-corrected chi connectivity index (χ1v) is 17.2. The summed E-state index contributed by atoms with van der Waals surface area (Å²) in [5.74, 6) is 1.96. The number of hydrogen-bond acceptors (Lipinski definition) is 4. The van der Waals surface area contributed by atoms with E-state index < -0.39 is 16.1 Å². The molecule has 0 saturated heterocycles. The highest BCUT2D eigenvalue weighted by atomic mass is 32.2. The van der Waals surface area contributed by atoms with Crippen molar-refractivity contribution in [2.75, 3.05) is 11.9 Å². The zero-order chi connectivity index (χ0) is 29.5. The standard InChI is InChI=1S/C33H44N4O4S/c1-21-15-24-16-22(2)19-33(18-21,20-24)36-31(38)34-14-13-23-9-11-27(12-10-23)42(40,41)37-32(39)35-30-28-7-3-5-25(28)17-26-6-4-8-29(26)30/h9-12,17,21-22,24H,3-8,13-16,18-20H2,1-2H3,(H2,34,36,38)(H2,35,37,39)/t21-,22?,24?,33?/m1/s1. The van der Waals surface area contributed by atoms with Crippen LogP contribution in [0.2, 0.25) is 0 Å². The third kappa shape index (κ3) is 6.17. The summed E-state index contributed by atoms with van der Waals surface area (Å²) in [6, 6.07) is 7.91. The van der Waals surface area contributed by atoms with Crippen molar-refractivity contribution < 1.29 is 18.0 Å². The molecule has 0 aliphatic heterocycles. The van der Waals surface area contributed by atoms with Crippen molar-refractivity contribution in [1.29, 1.82) is 0 Å². The van der Waals surface area contributed by atoms with E-state index in [-0.39, 0.29) is 16.5 Å². The number of urea groups is 2. The number of aryl methyl sites for hydroxylation is 2. The summed E-state index contributed by atoms with van der Waals surface area (Å²) in [4.78, 5) is 25.7. The molecule has 0 heterocycles. The van der Waals surface area contributed by atoms with E-state index in [1.54, 1.807) is 12.1 Å². The molecule has 4 aliphatic carbocycles. The molecule has 2 bridgehead atoms.